The van der Waals surface area contributed by atoms with E-state index in [-0.39, 0.29) is 5.91 Å². The first-order chi connectivity index (χ1) is 18.0. The number of imidazole rings is 1. The molecule has 1 amide bonds. The minimum absolute atomic E-state index is 0.121. The SMILES string of the molecule is [B]c1ccccc1Oc1ccc2nc(N)n(Cc3cccc(C(=O)N(CCC)C4CCCCC4)c3)c2c1. The number of fused-ring (bicyclic) bond motifs is 1. The minimum atomic E-state index is 0.121. The molecule has 1 aliphatic carbocycles. The molecule has 1 heterocycles. The molecule has 6 nitrogen and oxygen atoms in total. The number of nitrogen functional groups attached to an aromatic ring is 1. The zero-order chi connectivity index (χ0) is 25.8. The Kier molecular flexibility index (Phi) is 7.49. The van der Waals surface area contributed by atoms with Crippen LogP contribution in [-0.4, -0.2) is 40.8 Å². The van der Waals surface area contributed by atoms with Gasteiger partial charge in [0.05, 0.1) is 17.6 Å². The lowest BCUT2D eigenvalue weighted by Crippen LogP contribution is -2.42. The molecule has 2 radical (unpaired) electrons. The Hall–Kier alpha value is -3.74. The zero-order valence-corrected chi connectivity index (χ0v) is 21.4. The summed E-state index contributed by atoms with van der Waals surface area (Å²) >= 11 is 0. The normalized spacial score (nSPS) is 14.1. The molecule has 0 bridgehead atoms. The lowest BCUT2D eigenvalue weighted by Gasteiger charge is -2.34. The van der Waals surface area contributed by atoms with Crippen molar-refractivity contribution < 1.29 is 9.53 Å². The van der Waals surface area contributed by atoms with Gasteiger partial charge in [0.15, 0.2) is 0 Å². The van der Waals surface area contributed by atoms with Crippen molar-refractivity contribution >= 4 is 36.2 Å². The Labute approximate surface area is 219 Å². The van der Waals surface area contributed by atoms with E-state index >= 15 is 0 Å². The summed E-state index contributed by atoms with van der Waals surface area (Å²) in [6.07, 6.45) is 6.83. The number of ether oxygens (including phenoxy) is 1. The predicted octanol–water partition coefficient (Wildman–Crippen LogP) is 5.44. The molecule has 0 spiro atoms. The van der Waals surface area contributed by atoms with Gasteiger partial charge in [0.25, 0.3) is 5.91 Å². The fraction of sp³-hybridized carbons (Fsp3) is 0.333. The number of hydrogen-bond donors (Lipinski definition) is 1. The Morgan fingerprint density at radius 3 is 2.68 bits per heavy atom. The van der Waals surface area contributed by atoms with E-state index in [1.807, 2.05) is 65.2 Å². The van der Waals surface area contributed by atoms with Crippen molar-refractivity contribution in [2.45, 2.75) is 58.0 Å². The van der Waals surface area contributed by atoms with Gasteiger partial charge in [-0.25, -0.2) is 4.98 Å². The van der Waals surface area contributed by atoms with Gasteiger partial charge in [0.1, 0.15) is 19.3 Å². The quantitative estimate of drug-likeness (QED) is 0.333. The third-order valence-electron chi connectivity index (χ3n) is 7.15. The highest BCUT2D eigenvalue weighted by Gasteiger charge is 2.25. The van der Waals surface area contributed by atoms with Crippen molar-refractivity contribution in [2.75, 3.05) is 12.3 Å². The van der Waals surface area contributed by atoms with Gasteiger partial charge >= 0.3 is 0 Å². The lowest BCUT2D eigenvalue weighted by molar-refractivity contribution is 0.0634. The minimum Gasteiger partial charge on any atom is -0.458 e. The van der Waals surface area contributed by atoms with Crippen molar-refractivity contribution in [3.05, 3.63) is 77.9 Å². The molecule has 3 aromatic carbocycles. The van der Waals surface area contributed by atoms with Crippen LogP contribution >= 0.6 is 0 Å². The van der Waals surface area contributed by atoms with Gasteiger partial charge < -0.3 is 19.9 Å². The first-order valence-corrected chi connectivity index (χ1v) is 13.2. The van der Waals surface area contributed by atoms with E-state index in [9.17, 15) is 4.79 Å². The van der Waals surface area contributed by atoms with Crippen LogP contribution in [-0.2, 0) is 6.54 Å². The van der Waals surface area contributed by atoms with Crippen molar-refractivity contribution in [1.29, 1.82) is 0 Å². The largest absolute Gasteiger partial charge is 0.458 e. The third-order valence-corrected chi connectivity index (χ3v) is 7.15. The second-order valence-corrected chi connectivity index (χ2v) is 9.84. The molecule has 188 valence electrons. The maximum Gasteiger partial charge on any atom is 0.254 e. The van der Waals surface area contributed by atoms with Gasteiger partial charge in [-0.05, 0) is 55.2 Å². The van der Waals surface area contributed by atoms with Gasteiger partial charge in [-0.1, -0.05) is 62.0 Å². The molecule has 2 N–H and O–H groups in total. The average molecular weight is 492 g/mol. The van der Waals surface area contributed by atoms with E-state index in [1.54, 1.807) is 6.07 Å². The molecule has 1 fully saturated rings. The second-order valence-electron chi connectivity index (χ2n) is 9.84. The average Bonchev–Trinajstić information content (AvgIpc) is 3.23. The number of hydrogen-bond acceptors (Lipinski definition) is 4. The maximum atomic E-state index is 13.6. The van der Waals surface area contributed by atoms with E-state index in [4.69, 9.17) is 18.3 Å². The molecular formula is C30H33BN4O2. The first kappa shape index (κ1) is 24.9. The van der Waals surface area contributed by atoms with Crippen molar-refractivity contribution in [3.63, 3.8) is 0 Å². The monoisotopic (exact) mass is 492 g/mol. The summed E-state index contributed by atoms with van der Waals surface area (Å²) < 4.78 is 7.98. The van der Waals surface area contributed by atoms with Crippen molar-refractivity contribution in [1.82, 2.24) is 14.5 Å². The topological polar surface area (TPSA) is 73.4 Å². The van der Waals surface area contributed by atoms with E-state index in [2.05, 4.69) is 16.8 Å². The molecule has 4 aromatic rings. The fourth-order valence-corrected chi connectivity index (χ4v) is 5.29. The van der Waals surface area contributed by atoms with Crippen LogP contribution < -0.4 is 15.9 Å². The summed E-state index contributed by atoms with van der Waals surface area (Å²) in [4.78, 5) is 20.2. The smallest absolute Gasteiger partial charge is 0.254 e. The van der Waals surface area contributed by atoms with Gasteiger partial charge in [0.2, 0.25) is 5.95 Å². The lowest BCUT2D eigenvalue weighted by atomic mass is 9.93. The van der Waals surface area contributed by atoms with Crippen molar-refractivity contribution in [2.24, 2.45) is 0 Å². The van der Waals surface area contributed by atoms with Gasteiger partial charge in [-0.3, -0.25) is 4.79 Å². The Bertz CT molecular complexity index is 1390. The number of nitrogens with two attached hydrogens (primary N) is 1. The number of anilines is 1. The van der Waals surface area contributed by atoms with Gasteiger partial charge in [-0.15, -0.1) is 0 Å². The van der Waals surface area contributed by atoms with Gasteiger partial charge in [0, 0.05) is 24.2 Å². The summed E-state index contributed by atoms with van der Waals surface area (Å²) in [6, 6.07) is 21.3. The number of amides is 1. The summed E-state index contributed by atoms with van der Waals surface area (Å²) in [6.45, 7) is 3.43. The van der Waals surface area contributed by atoms with Crippen LogP contribution in [0.3, 0.4) is 0 Å². The third kappa shape index (κ3) is 5.51. The molecular weight excluding hydrogens is 459 g/mol. The molecule has 0 atom stereocenters. The van der Waals surface area contributed by atoms with E-state index < -0.39 is 0 Å². The highest BCUT2D eigenvalue weighted by Crippen LogP contribution is 2.28. The highest BCUT2D eigenvalue weighted by molar-refractivity contribution is 6.34. The molecule has 5 rings (SSSR count). The number of rotatable bonds is 8. The fourth-order valence-electron chi connectivity index (χ4n) is 5.29. The molecule has 1 saturated carbocycles. The number of nitrogens with zero attached hydrogens (tertiary/aromatic N) is 3. The van der Waals surface area contributed by atoms with Crippen LogP contribution in [0.25, 0.3) is 11.0 Å². The van der Waals surface area contributed by atoms with Crippen LogP contribution in [0.2, 0.25) is 0 Å². The van der Waals surface area contributed by atoms with Crippen LogP contribution in [0.1, 0.15) is 61.4 Å². The second kappa shape index (κ2) is 11.1. The first-order valence-electron chi connectivity index (χ1n) is 13.2. The zero-order valence-electron chi connectivity index (χ0n) is 21.4. The van der Waals surface area contributed by atoms with Crippen LogP contribution in [0.15, 0.2) is 66.7 Å². The number of carbonyl (C=O) groups excluding carboxylic acids is 1. The molecule has 37 heavy (non-hydrogen) atoms. The van der Waals surface area contributed by atoms with Crippen LogP contribution in [0.5, 0.6) is 11.5 Å². The summed E-state index contributed by atoms with van der Waals surface area (Å²) in [5.41, 5.74) is 10.3. The summed E-state index contributed by atoms with van der Waals surface area (Å²) in [5, 5.41) is 0. The number of carbonyl (C=O) groups is 1. The Morgan fingerprint density at radius 2 is 1.89 bits per heavy atom. The summed E-state index contributed by atoms with van der Waals surface area (Å²) in [5.74, 6) is 1.79. The van der Waals surface area contributed by atoms with Crippen LogP contribution in [0.4, 0.5) is 5.95 Å². The molecule has 1 aliphatic rings. The van der Waals surface area contributed by atoms with E-state index in [0.29, 0.717) is 35.5 Å². The summed E-state index contributed by atoms with van der Waals surface area (Å²) in [7, 11) is 6.05. The number of aromatic nitrogens is 2. The van der Waals surface area contributed by atoms with Crippen LogP contribution in [0, 0.1) is 0 Å². The molecule has 0 aliphatic heterocycles. The van der Waals surface area contributed by atoms with Crippen molar-refractivity contribution in [3.8, 4) is 11.5 Å². The maximum absolute atomic E-state index is 13.6. The Balaban J connectivity index is 1.40. The predicted molar refractivity (Wildman–Crippen MR) is 150 cm³/mol. The number of benzene rings is 3. The van der Waals surface area contributed by atoms with Gasteiger partial charge in [-0.2, -0.15) is 0 Å². The van der Waals surface area contributed by atoms with E-state index in [1.165, 1.54) is 19.3 Å². The number of para-hydroxylation sites is 1. The molecule has 7 heteroatoms. The molecule has 1 aromatic heterocycles. The Morgan fingerprint density at radius 1 is 1.08 bits per heavy atom. The molecule has 0 unspecified atom stereocenters. The van der Waals surface area contributed by atoms with E-state index in [0.717, 1.165) is 48.0 Å². The molecule has 0 saturated heterocycles. The standard InChI is InChI=1S/C30H33BN4O2/c1-2-17-34(23-11-4-3-5-12-23)29(36)22-10-8-9-21(18-22)20-35-27-19-24(15-16-26(27)33-30(35)32)37-28-14-7-6-13-25(28)31/h6-10,13-16,18-19,23H,2-5,11-12,17,20H2,1H3,(H2,32,33). The highest BCUT2D eigenvalue weighted by atomic mass is 16.5.